The van der Waals surface area contributed by atoms with Gasteiger partial charge >= 0.3 is 0 Å². The van der Waals surface area contributed by atoms with Crippen LogP contribution in [0.1, 0.15) is 20.3 Å². The number of ether oxygens (including phenoxy) is 2. The van der Waals surface area contributed by atoms with Gasteiger partial charge in [-0.25, -0.2) is 0 Å². The third-order valence-electron chi connectivity index (χ3n) is 3.71. The minimum atomic E-state index is 0.0711. The number of methoxy groups -OCH3 is 2. The summed E-state index contributed by atoms with van der Waals surface area (Å²) in [4.78, 5) is 8.11. The number of aromatic nitrogens is 2. The normalized spacial score (nSPS) is 25.3. The molecule has 1 heterocycles. The molecule has 6 nitrogen and oxygen atoms in total. The van der Waals surface area contributed by atoms with Gasteiger partial charge in [0.1, 0.15) is 5.82 Å². The van der Waals surface area contributed by atoms with Gasteiger partial charge in [0.05, 0.1) is 13.2 Å². The Morgan fingerprint density at radius 2 is 2.11 bits per heavy atom. The first kappa shape index (κ1) is 12.9. The molecule has 0 radical (unpaired) electrons. The van der Waals surface area contributed by atoms with Crippen molar-refractivity contribution in [2.24, 2.45) is 5.41 Å². The zero-order chi connectivity index (χ0) is 13.3. The van der Waals surface area contributed by atoms with Gasteiger partial charge in [-0.15, -0.1) is 0 Å². The summed E-state index contributed by atoms with van der Waals surface area (Å²) in [6, 6.07) is 2.05. The van der Waals surface area contributed by atoms with Crippen LogP contribution in [0.25, 0.3) is 0 Å². The van der Waals surface area contributed by atoms with Crippen molar-refractivity contribution in [2.45, 2.75) is 32.4 Å². The van der Waals surface area contributed by atoms with Crippen LogP contribution in [0.4, 0.5) is 11.8 Å². The molecule has 1 fully saturated rings. The van der Waals surface area contributed by atoms with Gasteiger partial charge in [-0.2, -0.15) is 9.97 Å². The van der Waals surface area contributed by atoms with E-state index in [1.807, 2.05) is 0 Å². The monoisotopic (exact) mass is 252 g/mol. The number of rotatable bonds is 4. The highest BCUT2D eigenvalue weighted by Crippen LogP contribution is 2.43. The first-order valence-corrected chi connectivity index (χ1v) is 5.95. The molecule has 2 unspecified atom stereocenters. The van der Waals surface area contributed by atoms with Crippen LogP contribution in [0.15, 0.2) is 6.07 Å². The average Bonchev–Trinajstić information content (AvgIpc) is 2.33. The number of nitrogens with two attached hydrogens (primary N) is 1. The molecule has 1 aromatic heterocycles. The Bertz CT molecular complexity index is 436. The topological polar surface area (TPSA) is 82.3 Å². The maximum atomic E-state index is 5.62. The van der Waals surface area contributed by atoms with E-state index in [0.29, 0.717) is 17.7 Å². The fourth-order valence-electron chi connectivity index (χ4n) is 2.33. The Hall–Kier alpha value is -1.56. The van der Waals surface area contributed by atoms with E-state index in [4.69, 9.17) is 15.2 Å². The third kappa shape index (κ3) is 2.20. The lowest BCUT2D eigenvalue weighted by molar-refractivity contribution is -0.0795. The molecule has 3 N–H and O–H groups in total. The van der Waals surface area contributed by atoms with Crippen molar-refractivity contribution in [3.63, 3.8) is 0 Å². The third-order valence-corrected chi connectivity index (χ3v) is 3.71. The van der Waals surface area contributed by atoms with Crippen molar-refractivity contribution in [1.29, 1.82) is 0 Å². The van der Waals surface area contributed by atoms with Gasteiger partial charge in [-0.05, 0) is 6.42 Å². The molecule has 0 saturated heterocycles. The van der Waals surface area contributed by atoms with Crippen molar-refractivity contribution < 1.29 is 9.47 Å². The van der Waals surface area contributed by atoms with E-state index in [2.05, 4.69) is 29.1 Å². The van der Waals surface area contributed by atoms with E-state index in [1.54, 1.807) is 20.3 Å². The van der Waals surface area contributed by atoms with Crippen molar-refractivity contribution in [3.05, 3.63) is 6.07 Å². The minimum Gasteiger partial charge on any atom is -0.481 e. The van der Waals surface area contributed by atoms with Gasteiger partial charge < -0.3 is 20.5 Å². The molecule has 0 aromatic carbocycles. The molecule has 2 rings (SSSR count). The quantitative estimate of drug-likeness (QED) is 0.840. The van der Waals surface area contributed by atoms with Gasteiger partial charge in [-0.1, -0.05) is 13.8 Å². The summed E-state index contributed by atoms with van der Waals surface area (Å²) in [7, 11) is 3.30. The summed E-state index contributed by atoms with van der Waals surface area (Å²) < 4.78 is 10.5. The number of nitrogen functional groups attached to an aromatic ring is 1. The Morgan fingerprint density at radius 1 is 1.39 bits per heavy atom. The molecule has 2 atom stereocenters. The average molecular weight is 252 g/mol. The molecule has 1 aromatic rings. The standard InChI is InChI=1S/C12H20N4O2/c1-12(2)7(5-8(12)17-3)14-9-6-10(18-4)16-11(13)15-9/h6-8H,5H2,1-4H3,(H3,13,14,15,16). The van der Waals surface area contributed by atoms with Crippen molar-refractivity contribution in [1.82, 2.24) is 9.97 Å². The summed E-state index contributed by atoms with van der Waals surface area (Å²) in [5.41, 5.74) is 5.70. The van der Waals surface area contributed by atoms with E-state index in [1.165, 1.54) is 0 Å². The maximum absolute atomic E-state index is 5.62. The molecule has 0 amide bonds. The lowest BCUT2D eigenvalue weighted by Crippen LogP contribution is -2.57. The molecule has 18 heavy (non-hydrogen) atoms. The minimum absolute atomic E-state index is 0.0711. The number of nitrogens with zero attached hydrogens (tertiary/aromatic N) is 2. The molecule has 1 aliphatic carbocycles. The molecule has 100 valence electrons. The van der Waals surface area contributed by atoms with E-state index in [-0.39, 0.29) is 17.5 Å². The Balaban J connectivity index is 2.09. The Labute approximate surface area is 107 Å². The number of nitrogens with one attached hydrogen (secondary N) is 1. The predicted molar refractivity (Wildman–Crippen MR) is 69.6 cm³/mol. The van der Waals surface area contributed by atoms with Crippen molar-refractivity contribution in [3.8, 4) is 5.88 Å². The van der Waals surface area contributed by atoms with Crippen LogP contribution in [0, 0.1) is 5.41 Å². The molecular formula is C12H20N4O2. The highest BCUT2D eigenvalue weighted by atomic mass is 16.5. The van der Waals surface area contributed by atoms with Gasteiger partial charge in [-0.3, -0.25) is 0 Å². The second kappa shape index (κ2) is 4.61. The van der Waals surface area contributed by atoms with Crippen LogP contribution in [0.2, 0.25) is 0 Å². The highest BCUT2D eigenvalue weighted by molar-refractivity contribution is 5.44. The number of hydrogen-bond acceptors (Lipinski definition) is 6. The van der Waals surface area contributed by atoms with Crippen molar-refractivity contribution in [2.75, 3.05) is 25.3 Å². The first-order chi connectivity index (χ1) is 8.47. The van der Waals surface area contributed by atoms with E-state index >= 15 is 0 Å². The van der Waals surface area contributed by atoms with Gasteiger partial charge in [0.15, 0.2) is 0 Å². The smallest absolute Gasteiger partial charge is 0.225 e. The van der Waals surface area contributed by atoms with E-state index in [0.717, 1.165) is 6.42 Å². The number of anilines is 2. The molecular weight excluding hydrogens is 232 g/mol. The van der Waals surface area contributed by atoms with E-state index < -0.39 is 0 Å². The van der Waals surface area contributed by atoms with Gasteiger partial charge in [0.2, 0.25) is 11.8 Å². The van der Waals surface area contributed by atoms with Crippen LogP contribution < -0.4 is 15.8 Å². The molecule has 0 spiro atoms. The Morgan fingerprint density at radius 3 is 2.67 bits per heavy atom. The second-order valence-corrected chi connectivity index (χ2v) is 5.13. The Kier molecular flexibility index (Phi) is 3.30. The lowest BCUT2D eigenvalue weighted by atomic mass is 9.64. The van der Waals surface area contributed by atoms with Gasteiger partial charge in [0, 0.05) is 24.6 Å². The summed E-state index contributed by atoms with van der Waals surface area (Å²) >= 11 is 0. The fraction of sp³-hybridized carbons (Fsp3) is 0.667. The van der Waals surface area contributed by atoms with Crippen LogP contribution in [0.5, 0.6) is 5.88 Å². The molecule has 1 aliphatic rings. The zero-order valence-electron chi connectivity index (χ0n) is 11.2. The van der Waals surface area contributed by atoms with Crippen LogP contribution in [-0.4, -0.2) is 36.3 Å². The molecule has 0 bridgehead atoms. The SMILES string of the molecule is COc1cc(NC2CC(OC)C2(C)C)nc(N)n1. The summed E-state index contributed by atoms with van der Waals surface area (Å²) in [5, 5.41) is 3.36. The molecule has 6 heteroatoms. The van der Waals surface area contributed by atoms with Crippen LogP contribution in [0.3, 0.4) is 0 Å². The van der Waals surface area contributed by atoms with Crippen LogP contribution in [-0.2, 0) is 4.74 Å². The maximum Gasteiger partial charge on any atom is 0.225 e. The van der Waals surface area contributed by atoms with Gasteiger partial charge in [0.25, 0.3) is 0 Å². The van der Waals surface area contributed by atoms with Crippen molar-refractivity contribution >= 4 is 11.8 Å². The first-order valence-electron chi connectivity index (χ1n) is 5.95. The molecule has 1 saturated carbocycles. The zero-order valence-corrected chi connectivity index (χ0v) is 11.2. The largest absolute Gasteiger partial charge is 0.481 e. The fourth-order valence-corrected chi connectivity index (χ4v) is 2.33. The lowest BCUT2D eigenvalue weighted by Gasteiger charge is -2.51. The predicted octanol–water partition coefficient (Wildman–Crippen LogP) is 1.29. The summed E-state index contributed by atoms with van der Waals surface area (Å²) in [6.07, 6.45) is 1.23. The molecule has 0 aliphatic heterocycles. The second-order valence-electron chi connectivity index (χ2n) is 5.13. The summed E-state index contributed by atoms with van der Waals surface area (Å²) in [5.74, 6) is 1.36. The van der Waals surface area contributed by atoms with Crippen LogP contribution >= 0.6 is 0 Å². The summed E-state index contributed by atoms with van der Waals surface area (Å²) in [6.45, 7) is 4.34. The van der Waals surface area contributed by atoms with E-state index in [9.17, 15) is 0 Å². The highest BCUT2D eigenvalue weighted by Gasteiger charge is 2.48. The number of hydrogen-bond donors (Lipinski definition) is 2.